The van der Waals surface area contributed by atoms with Crippen LogP contribution in [-0.4, -0.2) is 17.5 Å². The van der Waals surface area contributed by atoms with Crippen LogP contribution in [0.3, 0.4) is 0 Å². The van der Waals surface area contributed by atoms with E-state index in [-0.39, 0.29) is 0 Å². The molecule has 0 aliphatic carbocycles. The number of rotatable bonds is 1. The Kier molecular flexibility index (Phi) is 6.32. The summed E-state index contributed by atoms with van der Waals surface area (Å²) in [5.74, 6) is 5.22. The van der Waals surface area contributed by atoms with Gasteiger partial charge in [0.05, 0.1) is 5.69 Å². The zero-order valence-corrected chi connectivity index (χ0v) is 11.2. The molecule has 0 spiro atoms. The van der Waals surface area contributed by atoms with Crippen molar-refractivity contribution in [3.63, 3.8) is 0 Å². The lowest BCUT2D eigenvalue weighted by Crippen LogP contribution is -2.06. The van der Waals surface area contributed by atoms with E-state index < -0.39 is 10.4 Å². The molecule has 1 aromatic carbocycles. The summed E-state index contributed by atoms with van der Waals surface area (Å²) in [6.45, 7) is 0. The molecular weight excluding hydrogens is 356 g/mol. The molecule has 1 rings (SSSR count). The van der Waals surface area contributed by atoms with Gasteiger partial charge in [0.25, 0.3) is 0 Å². The van der Waals surface area contributed by atoms with Crippen molar-refractivity contribution in [2.45, 2.75) is 0 Å². The van der Waals surface area contributed by atoms with E-state index in [9.17, 15) is 0 Å². The Balaban J connectivity index is 0.000000336. The van der Waals surface area contributed by atoms with Crippen LogP contribution in [0, 0.1) is 0 Å². The van der Waals surface area contributed by atoms with Crippen molar-refractivity contribution in [3.8, 4) is 0 Å². The van der Waals surface area contributed by atoms with Gasteiger partial charge in [-0.05, 0) is 34.1 Å². The van der Waals surface area contributed by atoms with Crippen LogP contribution in [0.5, 0.6) is 0 Å². The number of nitrogens with two attached hydrogens (primary N) is 1. The monoisotopic (exact) mass is 362 g/mol. The molecule has 9 heteroatoms. The average Bonchev–Trinajstić information content (AvgIpc) is 2.06. The number of anilines is 1. The fraction of sp³-hybridized carbons (Fsp3) is 0. The summed E-state index contributed by atoms with van der Waals surface area (Å²) < 4.78 is 33.5. The van der Waals surface area contributed by atoms with Crippen LogP contribution >= 0.6 is 31.9 Å². The molecule has 0 aliphatic rings. The number of nitrogen functional groups attached to an aromatic ring is 1. The number of hydrazine groups is 1. The third kappa shape index (κ3) is 8.78. The largest absolute Gasteiger partial charge is 0.394 e. The molecule has 0 bridgehead atoms. The van der Waals surface area contributed by atoms with Gasteiger partial charge < -0.3 is 5.43 Å². The van der Waals surface area contributed by atoms with Gasteiger partial charge in [0.1, 0.15) is 0 Å². The normalized spacial score (nSPS) is 10.2. The molecule has 6 nitrogen and oxygen atoms in total. The Morgan fingerprint density at radius 3 is 2.07 bits per heavy atom. The van der Waals surface area contributed by atoms with E-state index in [2.05, 4.69) is 37.3 Å². The van der Waals surface area contributed by atoms with Crippen molar-refractivity contribution in [1.82, 2.24) is 0 Å². The first kappa shape index (κ1) is 14.8. The topological polar surface area (TPSA) is 113 Å². The minimum Gasteiger partial charge on any atom is -0.323 e. The van der Waals surface area contributed by atoms with Gasteiger partial charge in [-0.15, -0.1) is 0 Å². The lowest BCUT2D eigenvalue weighted by Gasteiger charge is -2.01. The molecule has 0 amide bonds. The van der Waals surface area contributed by atoms with Gasteiger partial charge in [-0.3, -0.25) is 14.9 Å². The highest BCUT2D eigenvalue weighted by molar-refractivity contribution is 9.11. The van der Waals surface area contributed by atoms with Crippen molar-refractivity contribution in [2.75, 3.05) is 5.43 Å². The molecule has 15 heavy (non-hydrogen) atoms. The van der Waals surface area contributed by atoms with Gasteiger partial charge in [0.2, 0.25) is 0 Å². The molecule has 5 N–H and O–H groups in total. The van der Waals surface area contributed by atoms with Crippen LogP contribution in [0.15, 0.2) is 27.1 Å². The molecular formula is C6H8Br2N2O4S. The van der Waals surface area contributed by atoms with Crippen molar-refractivity contribution >= 4 is 47.9 Å². The smallest absolute Gasteiger partial charge is 0.323 e. The van der Waals surface area contributed by atoms with Gasteiger partial charge in [-0.25, -0.2) is 0 Å². The summed E-state index contributed by atoms with van der Waals surface area (Å²) in [4.78, 5) is 0. The summed E-state index contributed by atoms with van der Waals surface area (Å²) in [5, 5.41) is 0. The van der Waals surface area contributed by atoms with Gasteiger partial charge in [-0.2, -0.15) is 8.42 Å². The number of nitrogens with one attached hydrogen (secondary N) is 1. The number of halogens is 2. The Hall–Kier alpha value is -0.190. The summed E-state index contributed by atoms with van der Waals surface area (Å²) >= 11 is 6.65. The highest BCUT2D eigenvalue weighted by Crippen LogP contribution is 2.24. The van der Waals surface area contributed by atoms with E-state index in [4.69, 9.17) is 23.4 Å². The minimum absolute atomic E-state index is 0.870. The van der Waals surface area contributed by atoms with E-state index in [0.717, 1.165) is 14.6 Å². The van der Waals surface area contributed by atoms with Crippen LogP contribution in [-0.2, 0) is 10.4 Å². The van der Waals surface area contributed by atoms with Crippen LogP contribution < -0.4 is 11.3 Å². The third-order valence-corrected chi connectivity index (χ3v) is 2.27. The van der Waals surface area contributed by atoms with Gasteiger partial charge >= 0.3 is 10.4 Å². The molecule has 0 aliphatic heterocycles. The second-order valence-electron chi connectivity index (χ2n) is 2.22. The average molecular weight is 364 g/mol. The Morgan fingerprint density at radius 2 is 1.73 bits per heavy atom. The van der Waals surface area contributed by atoms with Crippen molar-refractivity contribution < 1.29 is 17.5 Å². The van der Waals surface area contributed by atoms with E-state index in [1.165, 1.54) is 0 Å². The second kappa shape index (κ2) is 6.40. The van der Waals surface area contributed by atoms with Gasteiger partial charge in [0.15, 0.2) is 0 Å². The number of hydrogen-bond donors (Lipinski definition) is 4. The molecule has 0 radical (unpaired) electrons. The summed E-state index contributed by atoms with van der Waals surface area (Å²) in [7, 11) is -4.67. The highest BCUT2D eigenvalue weighted by Gasteiger charge is 1.96. The summed E-state index contributed by atoms with van der Waals surface area (Å²) in [5.41, 5.74) is 3.43. The number of hydrogen-bond acceptors (Lipinski definition) is 4. The number of benzene rings is 1. The van der Waals surface area contributed by atoms with Crippen LogP contribution in [0.25, 0.3) is 0 Å². The third-order valence-electron chi connectivity index (χ3n) is 1.08. The van der Waals surface area contributed by atoms with E-state index in [0.29, 0.717) is 0 Å². The molecule has 0 atom stereocenters. The Labute approximate surface area is 104 Å². The Bertz CT molecular complexity index is 415. The fourth-order valence-electron chi connectivity index (χ4n) is 0.608. The van der Waals surface area contributed by atoms with Crippen molar-refractivity contribution in [3.05, 3.63) is 27.1 Å². The molecule has 0 heterocycles. The standard InChI is InChI=1S/C6H6Br2N2.H2O4S/c7-4-1-2-5(8)6(3-4)10-9;1-5(2,3)4/h1-3,10H,9H2;(H2,1,2,3,4). The van der Waals surface area contributed by atoms with E-state index in [1.807, 2.05) is 18.2 Å². The van der Waals surface area contributed by atoms with Crippen molar-refractivity contribution in [1.29, 1.82) is 0 Å². The maximum Gasteiger partial charge on any atom is 0.394 e. The zero-order chi connectivity index (χ0) is 12.1. The molecule has 0 fully saturated rings. The molecule has 1 aromatic rings. The fourth-order valence-corrected chi connectivity index (χ4v) is 1.33. The zero-order valence-electron chi connectivity index (χ0n) is 7.18. The SMILES string of the molecule is NNc1cc(Br)ccc1Br.O=S(=O)(O)O. The first-order chi connectivity index (χ1) is 6.74. The van der Waals surface area contributed by atoms with Gasteiger partial charge in [-0.1, -0.05) is 15.9 Å². The van der Waals surface area contributed by atoms with Crippen LogP contribution in [0.4, 0.5) is 5.69 Å². The maximum atomic E-state index is 8.74. The molecule has 0 aromatic heterocycles. The molecule has 0 unspecified atom stereocenters. The minimum atomic E-state index is -4.67. The second-order valence-corrected chi connectivity index (χ2v) is 4.88. The predicted molar refractivity (Wildman–Crippen MR) is 63.8 cm³/mol. The van der Waals surface area contributed by atoms with Crippen LogP contribution in [0.2, 0.25) is 0 Å². The molecule has 0 saturated heterocycles. The lowest BCUT2D eigenvalue weighted by molar-refractivity contribution is 0.381. The quantitative estimate of drug-likeness (QED) is 0.344. The first-order valence-electron chi connectivity index (χ1n) is 3.35. The maximum absolute atomic E-state index is 8.74. The van der Waals surface area contributed by atoms with Gasteiger partial charge in [0, 0.05) is 8.95 Å². The molecule has 86 valence electrons. The van der Waals surface area contributed by atoms with E-state index in [1.54, 1.807) is 0 Å². The predicted octanol–water partition coefficient (Wildman–Crippen LogP) is 1.84. The first-order valence-corrected chi connectivity index (χ1v) is 6.34. The summed E-state index contributed by atoms with van der Waals surface area (Å²) in [6, 6.07) is 5.74. The molecule has 0 saturated carbocycles. The van der Waals surface area contributed by atoms with Crippen LogP contribution in [0.1, 0.15) is 0 Å². The lowest BCUT2D eigenvalue weighted by atomic mass is 10.3. The highest BCUT2D eigenvalue weighted by atomic mass is 79.9. The Morgan fingerprint density at radius 1 is 1.27 bits per heavy atom. The summed E-state index contributed by atoms with van der Waals surface area (Å²) in [6.07, 6.45) is 0. The van der Waals surface area contributed by atoms with E-state index >= 15 is 0 Å². The van der Waals surface area contributed by atoms with Crippen molar-refractivity contribution in [2.24, 2.45) is 5.84 Å².